The van der Waals surface area contributed by atoms with Crippen LogP contribution in [0, 0.1) is 11.8 Å². The van der Waals surface area contributed by atoms with Crippen LogP contribution in [0.4, 0.5) is 13.2 Å². The van der Waals surface area contributed by atoms with E-state index in [1.807, 2.05) is 0 Å². The standard InChI is InChI=1S/C10H7F3S/c1-2-5-8-6-3-4-7-9(8)14-10(11,12)13/h3-4,6-7H,1H3. The van der Waals surface area contributed by atoms with Crippen molar-refractivity contribution in [3.8, 4) is 11.8 Å². The van der Waals surface area contributed by atoms with Crippen LogP contribution in [0.15, 0.2) is 29.2 Å². The molecule has 0 aliphatic carbocycles. The summed E-state index contributed by atoms with van der Waals surface area (Å²) in [6.07, 6.45) is 0. The minimum atomic E-state index is -4.26. The van der Waals surface area contributed by atoms with Crippen molar-refractivity contribution in [2.75, 3.05) is 0 Å². The Morgan fingerprint density at radius 3 is 2.43 bits per heavy atom. The molecule has 0 aliphatic heterocycles. The fourth-order valence-electron chi connectivity index (χ4n) is 0.918. The second-order valence-electron chi connectivity index (χ2n) is 2.42. The van der Waals surface area contributed by atoms with Gasteiger partial charge in [0.1, 0.15) is 0 Å². The summed E-state index contributed by atoms with van der Waals surface area (Å²) in [4.78, 5) is 0.148. The predicted molar refractivity (Wildman–Crippen MR) is 50.9 cm³/mol. The lowest BCUT2D eigenvalue weighted by molar-refractivity contribution is -0.0328. The molecule has 1 aromatic rings. The number of alkyl halides is 3. The first-order chi connectivity index (χ1) is 6.53. The van der Waals surface area contributed by atoms with Crippen LogP contribution in [-0.4, -0.2) is 5.51 Å². The molecule has 14 heavy (non-hydrogen) atoms. The largest absolute Gasteiger partial charge is 0.446 e. The van der Waals surface area contributed by atoms with Crippen molar-refractivity contribution in [2.24, 2.45) is 0 Å². The Kier molecular flexibility index (Phi) is 3.48. The third-order valence-corrected chi connectivity index (χ3v) is 2.18. The molecule has 0 amide bonds. The number of hydrogen-bond acceptors (Lipinski definition) is 1. The van der Waals surface area contributed by atoms with Crippen LogP contribution in [0.5, 0.6) is 0 Å². The zero-order chi connectivity index (χ0) is 10.6. The molecule has 0 aromatic heterocycles. The Balaban J connectivity index is 3.00. The molecule has 0 saturated carbocycles. The maximum Gasteiger partial charge on any atom is 0.446 e. The Morgan fingerprint density at radius 2 is 1.86 bits per heavy atom. The van der Waals surface area contributed by atoms with Gasteiger partial charge in [-0.15, -0.1) is 5.92 Å². The van der Waals surface area contributed by atoms with Gasteiger partial charge in [-0.3, -0.25) is 0 Å². The summed E-state index contributed by atoms with van der Waals surface area (Å²) in [7, 11) is 0. The first-order valence-electron chi connectivity index (χ1n) is 3.80. The summed E-state index contributed by atoms with van der Waals surface area (Å²) in [5.74, 6) is 5.21. The Labute approximate surface area is 84.5 Å². The van der Waals surface area contributed by atoms with Gasteiger partial charge in [0.25, 0.3) is 0 Å². The van der Waals surface area contributed by atoms with Crippen LogP contribution in [0.25, 0.3) is 0 Å². The Morgan fingerprint density at radius 1 is 1.21 bits per heavy atom. The lowest BCUT2D eigenvalue weighted by Gasteiger charge is -2.06. The lowest BCUT2D eigenvalue weighted by atomic mass is 10.2. The van der Waals surface area contributed by atoms with Gasteiger partial charge in [0.05, 0.1) is 0 Å². The lowest BCUT2D eigenvalue weighted by Crippen LogP contribution is -1.99. The molecule has 74 valence electrons. The van der Waals surface area contributed by atoms with Crippen LogP contribution in [0.1, 0.15) is 12.5 Å². The molecule has 0 bridgehead atoms. The van der Waals surface area contributed by atoms with Gasteiger partial charge in [-0.1, -0.05) is 18.1 Å². The van der Waals surface area contributed by atoms with Crippen molar-refractivity contribution in [2.45, 2.75) is 17.3 Å². The summed E-state index contributed by atoms with van der Waals surface area (Å²) in [5, 5.41) is 0. The maximum absolute atomic E-state index is 12.1. The van der Waals surface area contributed by atoms with Crippen LogP contribution in [0.2, 0.25) is 0 Å². The van der Waals surface area contributed by atoms with E-state index < -0.39 is 5.51 Å². The molecular formula is C10H7F3S. The first-order valence-corrected chi connectivity index (χ1v) is 4.62. The van der Waals surface area contributed by atoms with E-state index in [-0.39, 0.29) is 16.7 Å². The average Bonchev–Trinajstić information content (AvgIpc) is 2.06. The molecule has 0 radical (unpaired) electrons. The minimum Gasteiger partial charge on any atom is -0.160 e. The van der Waals surface area contributed by atoms with E-state index in [1.54, 1.807) is 25.1 Å². The molecule has 0 aliphatic rings. The number of halogens is 3. The van der Waals surface area contributed by atoms with Crippen LogP contribution in [0.3, 0.4) is 0 Å². The third-order valence-electron chi connectivity index (χ3n) is 1.37. The molecule has 0 atom stereocenters. The van der Waals surface area contributed by atoms with E-state index in [4.69, 9.17) is 0 Å². The molecule has 1 aromatic carbocycles. The van der Waals surface area contributed by atoms with Gasteiger partial charge in [-0.2, -0.15) is 13.2 Å². The highest BCUT2D eigenvalue weighted by Crippen LogP contribution is 2.38. The zero-order valence-corrected chi connectivity index (χ0v) is 8.17. The fourth-order valence-corrected chi connectivity index (χ4v) is 1.54. The van der Waals surface area contributed by atoms with Crippen molar-refractivity contribution in [1.82, 2.24) is 0 Å². The summed E-state index contributed by atoms with van der Waals surface area (Å²) < 4.78 is 36.2. The number of thioether (sulfide) groups is 1. The van der Waals surface area contributed by atoms with Crippen molar-refractivity contribution in [3.05, 3.63) is 29.8 Å². The smallest absolute Gasteiger partial charge is 0.160 e. The van der Waals surface area contributed by atoms with E-state index >= 15 is 0 Å². The molecule has 0 N–H and O–H groups in total. The summed E-state index contributed by atoms with van der Waals surface area (Å²) in [5.41, 5.74) is -3.84. The molecular weight excluding hydrogens is 209 g/mol. The molecule has 0 nitrogen and oxygen atoms in total. The Hall–Kier alpha value is -1.08. The highest BCUT2D eigenvalue weighted by molar-refractivity contribution is 8.00. The van der Waals surface area contributed by atoms with Gasteiger partial charge >= 0.3 is 5.51 Å². The van der Waals surface area contributed by atoms with Crippen molar-refractivity contribution in [3.63, 3.8) is 0 Å². The molecule has 4 heteroatoms. The van der Waals surface area contributed by atoms with Gasteiger partial charge < -0.3 is 0 Å². The SMILES string of the molecule is CC#Cc1ccccc1SC(F)(F)F. The third kappa shape index (κ3) is 3.35. The van der Waals surface area contributed by atoms with E-state index in [1.165, 1.54) is 6.07 Å². The molecule has 1 rings (SSSR count). The number of rotatable bonds is 1. The van der Waals surface area contributed by atoms with Gasteiger partial charge in [0.2, 0.25) is 0 Å². The number of benzene rings is 1. The van der Waals surface area contributed by atoms with Crippen LogP contribution < -0.4 is 0 Å². The second-order valence-corrected chi connectivity index (χ2v) is 3.53. The minimum absolute atomic E-state index is 0.135. The molecule has 0 heterocycles. The van der Waals surface area contributed by atoms with Gasteiger partial charge in [0.15, 0.2) is 0 Å². The first kappa shape index (κ1) is 11.0. The van der Waals surface area contributed by atoms with E-state index in [9.17, 15) is 13.2 Å². The van der Waals surface area contributed by atoms with Crippen molar-refractivity contribution in [1.29, 1.82) is 0 Å². The van der Waals surface area contributed by atoms with Gasteiger partial charge in [-0.05, 0) is 30.8 Å². The summed E-state index contributed by atoms with van der Waals surface area (Å²) in [6, 6.07) is 6.22. The molecule has 0 unspecified atom stereocenters. The van der Waals surface area contributed by atoms with E-state index in [0.717, 1.165) is 0 Å². The van der Waals surface area contributed by atoms with Crippen LogP contribution >= 0.6 is 11.8 Å². The molecule has 0 spiro atoms. The second kappa shape index (κ2) is 4.43. The van der Waals surface area contributed by atoms with E-state index in [2.05, 4.69) is 11.8 Å². The fraction of sp³-hybridized carbons (Fsp3) is 0.200. The summed E-state index contributed by atoms with van der Waals surface area (Å²) >= 11 is -0.135. The monoisotopic (exact) mass is 216 g/mol. The summed E-state index contributed by atoms with van der Waals surface area (Å²) in [6.45, 7) is 1.59. The average molecular weight is 216 g/mol. The topological polar surface area (TPSA) is 0 Å². The zero-order valence-electron chi connectivity index (χ0n) is 7.35. The Bertz CT molecular complexity index is 371. The van der Waals surface area contributed by atoms with Crippen molar-refractivity contribution >= 4 is 11.8 Å². The molecule has 0 saturated heterocycles. The van der Waals surface area contributed by atoms with Gasteiger partial charge in [0, 0.05) is 10.5 Å². The quantitative estimate of drug-likeness (QED) is 0.510. The normalized spacial score (nSPS) is 10.6. The number of hydrogen-bond donors (Lipinski definition) is 0. The van der Waals surface area contributed by atoms with Crippen LogP contribution in [-0.2, 0) is 0 Å². The van der Waals surface area contributed by atoms with Gasteiger partial charge in [-0.25, -0.2) is 0 Å². The molecule has 0 fully saturated rings. The highest BCUT2D eigenvalue weighted by Gasteiger charge is 2.29. The maximum atomic E-state index is 12.1. The van der Waals surface area contributed by atoms with Crippen molar-refractivity contribution < 1.29 is 13.2 Å². The van der Waals surface area contributed by atoms with E-state index in [0.29, 0.717) is 5.56 Å². The predicted octanol–water partition coefficient (Wildman–Crippen LogP) is 3.67. The highest BCUT2D eigenvalue weighted by atomic mass is 32.2.